The second-order valence-corrected chi connectivity index (χ2v) is 9.21. The first-order valence-corrected chi connectivity index (χ1v) is 9.34. The molecule has 3 heteroatoms. The van der Waals surface area contributed by atoms with Crippen LogP contribution >= 0.6 is 15.9 Å². The molecule has 17 heavy (non-hydrogen) atoms. The van der Waals surface area contributed by atoms with Crippen molar-refractivity contribution in [3.8, 4) is 0 Å². The predicted octanol–water partition coefficient (Wildman–Crippen LogP) is 4.71. The summed E-state index contributed by atoms with van der Waals surface area (Å²) in [7, 11) is -0.205. The Balaban J connectivity index is 2.27. The fraction of sp³-hybridized carbons (Fsp3) is 0.571. The Bertz CT molecular complexity index is 390. The van der Waals surface area contributed by atoms with E-state index >= 15 is 0 Å². The summed E-state index contributed by atoms with van der Waals surface area (Å²) in [6, 6.07) is 9.96. The molecule has 1 heterocycles. The molecule has 0 fully saturated rings. The largest absolute Gasteiger partial charge is 0.381 e. The predicted molar refractivity (Wildman–Crippen MR) is 81.4 cm³/mol. The van der Waals surface area contributed by atoms with E-state index in [9.17, 15) is 0 Å². The Morgan fingerprint density at radius 1 is 1.35 bits per heavy atom. The van der Waals surface area contributed by atoms with Crippen LogP contribution in [0.4, 0.5) is 5.69 Å². The van der Waals surface area contributed by atoms with Gasteiger partial charge in [-0.05, 0) is 46.4 Å². The molecule has 0 aliphatic carbocycles. The van der Waals surface area contributed by atoms with E-state index in [1.807, 2.05) is 0 Å². The Hall–Kier alpha value is -0.283. The maximum Gasteiger partial charge on any atom is 0.0534 e. The Labute approximate surface area is 115 Å². The zero-order chi connectivity index (χ0) is 12.4. The van der Waals surface area contributed by atoms with Crippen molar-refractivity contribution in [2.45, 2.75) is 50.9 Å². The van der Waals surface area contributed by atoms with Crippen LogP contribution in [0.3, 0.4) is 0 Å². The van der Waals surface area contributed by atoms with Gasteiger partial charge in [-0.25, -0.2) is 0 Å². The lowest BCUT2D eigenvalue weighted by atomic mass is 9.98. The molecule has 0 amide bonds. The number of rotatable bonds is 3. The molecule has 2 rings (SSSR count). The highest BCUT2D eigenvalue weighted by molar-refractivity contribution is 9.10. The van der Waals surface area contributed by atoms with Crippen molar-refractivity contribution in [3.63, 3.8) is 0 Å². The number of nitrogens with one attached hydrogen (secondary N) is 1. The maximum absolute atomic E-state index is 3.71. The number of hydrogen-bond donors (Lipinski definition) is 1. The SMILES string of the molecule is CC[Si](CC)[C@@H]1Cc2cccc(Br)c2N[C@@H]1C. The van der Waals surface area contributed by atoms with E-state index in [1.54, 1.807) is 0 Å². The minimum Gasteiger partial charge on any atom is -0.381 e. The van der Waals surface area contributed by atoms with Gasteiger partial charge >= 0.3 is 0 Å². The highest BCUT2D eigenvalue weighted by Gasteiger charge is 2.31. The van der Waals surface area contributed by atoms with Crippen molar-refractivity contribution in [2.24, 2.45) is 0 Å². The molecule has 1 aromatic carbocycles. The van der Waals surface area contributed by atoms with Gasteiger partial charge in [-0.15, -0.1) is 0 Å². The van der Waals surface area contributed by atoms with E-state index in [-0.39, 0.29) is 8.80 Å². The normalized spacial score (nSPS) is 23.4. The van der Waals surface area contributed by atoms with Crippen LogP contribution < -0.4 is 5.32 Å². The summed E-state index contributed by atoms with van der Waals surface area (Å²) in [5.74, 6) is 0. The molecule has 1 N–H and O–H groups in total. The van der Waals surface area contributed by atoms with Crippen LogP contribution in [0.25, 0.3) is 0 Å². The van der Waals surface area contributed by atoms with Gasteiger partial charge < -0.3 is 5.32 Å². The lowest BCUT2D eigenvalue weighted by Gasteiger charge is -2.36. The first-order chi connectivity index (χ1) is 8.17. The number of para-hydroxylation sites is 1. The van der Waals surface area contributed by atoms with Gasteiger partial charge in [0.2, 0.25) is 0 Å². The van der Waals surface area contributed by atoms with Crippen molar-refractivity contribution >= 4 is 30.4 Å². The van der Waals surface area contributed by atoms with Gasteiger partial charge in [0.15, 0.2) is 0 Å². The van der Waals surface area contributed by atoms with E-state index in [2.05, 4.69) is 60.2 Å². The third kappa shape index (κ3) is 2.60. The quantitative estimate of drug-likeness (QED) is 0.797. The summed E-state index contributed by atoms with van der Waals surface area (Å²) in [5.41, 5.74) is 3.69. The molecular weight excluding hydrogens is 290 g/mol. The van der Waals surface area contributed by atoms with Crippen molar-refractivity contribution in [3.05, 3.63) is 28.2 Å². The van der Waals surface area contributed by atoms with Crippen molar-refractivity contribution in [1.82, 2.24) is 0 Å². The molecule has 0 saturated carbocycles. The van der Waals surface area contributed by atoms with Gasteiger partial charge in [0.25, 0.3) is 0 Å². The maximum atomic E-state index is 3.71. The van der Waals surface area contributed by atoms with Gasteiger partial charge in [0, 0.05) is 10.5 Å². The fourth-order valence-corrected chi connectivity index (χ4v) is 6.28. The molecule has 0 saturated heterocycles. The van der Waals surface area contributed by atoms with Crippen molar-refractivity contribution < 1.29 is 0 Å². The van der Waals surface area contributed by atoms with E-state index < -0.39 is 0 Å². The molecule has 0 spiro atoms. The number of hydrogen-bond acceptors (Lipinski definition) is 1. The zero-order valence-electron chi connectivity index (χ0n) is 10.9. The minimum atomic E-state index is -0.205. The summed E-state index contributed by atoms with van der Waals surface area (Å²) in [6.07, 6.45) is 1.26. The Morgan fingerprint density at radius 3 is 2.71 bits per heavy atom. The summed E-state index contributed by atoms with van der Waals surface area (Å²) in [5, 5.41) is 3.71. The van der Waals surface area contributed by atoms with Crippen LogP contribution in [0.15, 0.2) is 22.7 Å². The van der Waals surface area contributed by atoms with E-state index in [0.29, 0.717) is 6.04 Å². The van der Waals surface area contributed by atoms with Crippen LogP contribution in [0.1, 0.15) is 26.3 Å². The summed E-state index contributed by atoms with van der Waals surface area (Å²) in [6.45, 7) is 7.07. The highest BCUT2D eigenvalue weighted by Crippen LogP contribution is 2.38. The Kier molecular flexibility index (Phi) is 4.31. The highest BCUT2D eigenvalue weighted by atomic mass is 79.9. The molecular formula is C14H21BrNSi. The lowest BCUT2D eigenvalue weighted by Crippen LogP contribution is -2.37. The molecule has 1 aliphatic heterocycles. The molecule has 1 radical (unpaired) electrons. The van der Waals surface area contributed by atoms with E-state index in [0.717, 1.165) is 5.54 Å². The molecule has 0 bridgehead atoms. The third-order valence-electron chi connectivity index (χ3n) is 3.95. The van der Waals surface area contributed by atoms with Gasteiger partial charge in [0.05, 0.1) is 14.5 Å². The second kappa shape index (κ2) is 5.57. The fourth-order valence-electron chi connectivity index (χ4n) is 2.91. The number of benzene rings is 1. The van der Waals surface area contributed by atoms with E-state index in [4.69, 9.17) is 0 Å². The first kappa shape index (κ1) is 13.2. The van der Waals surface area contributed by atoms with Gasteiger partial charge in [-0.3, -0.25) is 0 Å². The van der Waals surface area contributed by atoms with Gasteiger partial charge in [-0.1, -0.05) is 38.1 Å². The van der Waals surface area contributed by atoms with Crippen molar-refractivity contribution in [1.29, 1.82) is 0 Å². The number of fused-ring (bicyclic) bond motifs is 1. The standard InChI is InChI=1S/C14H21BrNSi/c1-4-17(5-2)13-9-11-7-6-8-12(15)14(11)16-10(13)3/h6-8,10,13,16H,4-5,9H2,1-3H3/t10-,13-/m1/s1. The first-order valence-electron chi connectivity index (χ1n) is 6.55. The molecule has 1 aromatic rings. The number of halogens is 1. The lowest BCUT2D eigenvalue weighted by molar-refractivity contribution is 0.659. The summed E-state index contributed by atoms with van der Waals surface area (Å²) in [4.78, 5) is 0. The average Bonchev–Trinajstić information content (AvgIpc) is 2.33. The molecule has 0 aromatic heterocycles. The number of anilines is 1. The molecule has 1 aliphatic rings. The van der Waals surface area contributed by atoms with Crippen LogP contribution in [-0.2, 0) is 6.42 Å². The smallest absolute Gasteiger partial charge is 0.0534 e. The van der Waals surface area contributed by atoms with Crippen LogP contribution in [-0.4, -0.2) is 14.8 Å². The van der Waals surface area contributed by atoms with Gasteiger partial charge in [0.1, 0.15) is 0 Å². The Morgan fingerprint density at radius 2 is 2.06 bits per heavy atom. The summed E-state index contributed by atoms with van der Waals surface area (Å²) >= 11 is 3.65. The molecule has 93 valence electrons. The van der Waals surface area contributed by atoms with Crippen LogP contribution in [0, 0.1) is 0 Å². The summed E-state index contributed by atoms with van der Waals surface area (Å²) < 4.78 is 1.21. The average molecular weight is 311 g/mol. The molecule has 0 unspecified atom stereocenters. The molecule has 2 atom stereocenters. The monoisotopic (exact) mass is 310 g/mol. The third-order valence-corrected chi connectivity index (χ3v) is 8.18. The zero-order valence-corrected chi connectivity index (χ0v) is 13.5. The second-order valence-electron chi connectivity index (χ2n) is 4.88. The topological polar surface area (TPSA) is 12.0 Å². The van der Waals surface area contributed by atoms with Crippen LogP contribution in [0.5, 0.6) is 0 Å². The minimum absolute atomic E-state index is 0.205. The molecule has 1 nitrogen and oxygen atoms in total. The van der Waals surface area contributed by atoms with Gasteiger partial charge in [-0.2, -0.15) is 0 Å². The van der Waals surface area contributed by atoms with Crippen LogP contribution in [0.2, 0.25) is 17.6 Å². The van der Waals surface area contributed by atoms with Crippen molar-refractivity contribution in [2.75, 3.05) is 5.32 Å². The van der Waals surface area contributed by atoms with E-state index in [1.165, 1.54) is 34.2 Å².